The van der Waals surface area contributed by atoms with Crippen LogP contribution < -0.4 is 21.3 Å². The summed E-state index contributed by atoms with van der Waals surface area (Å²) in [4.78, 5) is 67.6. The maximum Gasteiger partial charge on any atom is 0.408 e. The molecule has 45 heavy (non-hydrogen) atoms. The Hall–Kier alpha value is -4.63. The van der Waals surface area contributed by atoms with Gasteiger partial charge in [-0.3, -0.25) is 24.1 Å². The predicted molar refractivity (Wildman–Crippen MR) is 161 cm³/mol. The minimum Gasteiger partial charge on any atom is -0.510 e. The average Bonchev–Trinajstić information content (AvgIpc) is 2.89. The molecule has 4 atom stereocenters. The summed E-state index contributed by atoms with van der Waals surface area (Å²) in [6.45, 7) is 4.45. The van der Waals surface area contributed by atoms with Crippen molar-refractivity contribution in [2.45, 2.75) is 50.9 Å². The lowest BCUT2D eigenvalue weighted by molar-refractivity contribution is -0.148. The molecule has 0 bridgehead atoms. The zero-order valence-corrected chi connectivity index (χ0v) is 26.1. The highest BCUT2D eigenvalue weighted by Crippen LogP contribution is 2.53. The number of hydrogen-bond donors (Lipinski definition) is 7. The number of nitrogens with one attached hydrogen (secondary N) is 2. The first-order valence-electron chi connectivity index (χ1n) is 14.2. The van der Waals surface area contributed by atoms with Crippen molar-refractivity contribution in [1.82, 2.24) is 10.2 Å². The van der Waals surface area contributed by atoms with Crippen molar-refractivity contribution in [3.8, 4) is 5.75 Å². The van der Waals surface area contributed by atoms with Crippen LogP contribution in [0.25, 0.3) is 0 Å². The third-order valence-electron chi connectivity index (χ3n) is 8.25. The van der Waals surface area contributed by atoms with E-state index in [4.69, 9.17) is 10.5 Å². The number of hydrogen-bond acceptors (Lipinski definition) is 12. The van der Waals surface area contributed by atoms with Crippen LogP contribution >= 0.6 is 0 Å². The number of carbonyl (C=O) groups excluding carboxylic acids is 5. The first kappa shape index (κ1) is 33.3. The van der Waals surface area contributed by atoms with E-state index in [0.29, 0.717) is 11.3 Å². The van der Waals surface area contributed by atoms with Gasteiger partial charge < -0.3 is 46.4 Å². The number of aliphatic hydroxyl groups excluding tert-OH is 2. The normalized spacial score (nSPS) is 24.5. The molecular formula is C30H39N5O10. The molecule has 3 amide bonds. The highest BCUT2D eigenvalue weighted by atomic mass is 16.6. The van der Waals surface area contributed by atoms with Crippen molar-refractivity contribution in [3.05, 3.63) is 39.9 Å². The van der Waals surface area contributed by atoms with Crippen LogP contribution in [-0.4, -0.2) is 107 Å². The molecule has 0 saturated heterocycles. The van der Waals surface area contributed by atoms with Crippen LogP contribution in [0.15, 0.2) is 28.7 Å². The number of aromatic hydroxyl groups is 1. The van der Waals surface area contributed by atoms with E-state index in [9.17, 15) is 44.4 Å². The Balaban J connectivity index is 1.79. The fourth-order valence-corrected chi connectivity index (χ4v) is 6.45. The van der Waals surface area contributed by atoms with Gasteiger partial charge in [0.05, 0.1) is 17.3 Å². The maximum atomic E-state index is 14.1. The number of aliphatic hydroxyl groups is 3. The van der Waals surface area contributed by atoms with Crippen molar-refractivity contribution < 1.29 is 49.1 Å². The smallest absolute Gasteiger partial charge is 0.408 e. The van der Waals surface area contributed by atoms with E-state index in [2.05, 4.69) is 10.6 Å². The molecule has 244 valence electrons. The standard InChI is InChI=1S/C30H39N5O10/c1-29(2,3)45-28(43)32-11-17(36)33-15-10-16(34(4)5)13-8-12-9-14-21(35(6)7)24(39)20(27(31)42)26(41)30(14,44)25(40)18(12)23(38)19(13)22(15)37/h10,12,14,21,37,39-40,44H,8-9,11H2,1-7H3,(H2,31,42)(H,32,43)(H,33,36). The molecule has 0 spiro atoms. The molecule has 1 aromatic rings. The second-order valence-corrected chi connectivity index (χ2v) is 12.9. The summed E-state index contributed by atoms with van der Waals surface area (Å²) < 4.78 is 5.11. The summed E-state index contributed by atoms with van der Waals surface area (Å²) in [6, 6.07) is 0.352. The number of phenols is 1. The summed E-state index contributed by atoms with van der Waals surface area (Å²) in [5, 5.41) is 50.2. The summed E-state index contributed by atoms with van der Waals surface area (Å²) in [6.07, 6.45) is -0.826. The topological polar surface area (TPSA) is 232 Å². The predicted octanol–water partition coefficient (Wildman–Crippen LogP) is 0.650. The van der Waals surface area contributed by atoms with Gasteiger partial charge in [0, 0.05) is 31.3 Å². The van der Waals surface area contributed by atoms with Crippen LogP contribution in [-0.2, 0) is 25.5 Å². The number of allylic oxidation sites excluding steroid dienone is 1. The van der Waals surface area contributed by atoms with Crippen molar-refractivity contribution in [3.63, 3.8) is 0 Å². The summed E-state index contributed by atoms with van der Waals surface area (Å²) in [5.74, 6) is -8.49. The third-order valence-corrected chi connectivity index (χ3v) is 8.25. The van der Waals surface area contributed by atoms with Gasteiger partial charge in [-0.2, -0.15) is 0 Å². The van der Waals surface area contributed by atoms with E-state index in [0.717, 1.165) is 0 Å². The number of phenolic OH excluding ortho intramolecular Hbond substituents is 1. The van der Waals surface area contributed by atoms with Crippen LogP contribution in [0.4, 0.5) is 16.2 Å². The molecule has 0 aromatic heterocycles. The average molecular weight is 630 g/mol. The molecule has 0 saturated carbocycles. The highest BCUT2D eigenvalue weighted by Gasteiger charge is 2.63. The van der Waals surface area contributed by atoms with Crippen molar-refractivity contribution in [1.29, 1.82) is 0 Å². The van der Waals surface area contributed by atoms with Gasteiger partial charge in [-0.25, -0.2) is 4.79 Å². The van der Waals surface area contributed by atoms with Crippen LogP contribution in [0.2, 0.25) is 0 Å². The van der Waals surface area contributed by atoms with E-state index in [1.807, 2.05) is 0 Å². The lowest BCUT2D eigenvalue weighted by Crippen LogP contribution is -2.63. The van der Waals surface area contributed by atoms with Crippen LogP contribution in [0.5, 0.6) is 5.75 Å². The van der Waals surface area contributed by atoms with Gasteiger partial charge in [0.25, 0.3) is 5.91 Å². The molecule has 15 nitrogen and oxygen atoms in total. The Labute approximate surface area is 259 Å². The Bertz CT molecular complexity index is 1570. The maximum absolute atomic E-state index is 14.1. The second-order valence-electron chi connectivity index (χ2n) is 12.9. The van der Waals surface area contributed by atoms with E-state index >= 15 is 0 Å². The number of nitrogens with two attached hydrogens (primary N) is 1. The van der Waals surface area contributed by atoms with Crippen molar-refractivity contribution >= 4 is 40.8 Å². The van der Waals surface area contributed by atoms with Crippen LogP contribution in [0.1, 0.15) is 43.1 Å². The fourth-order valence-electron chi connectivity index (χ4n) is 6.45. The quantitative estimate of drug-likeness (QED) is 0.170. The van der Waals surface area contributed by atoms with Gasteiger partial charge in [-0.15, -0.1) is 0 Å². The SMILES string of the molecule is CN(C)c1cc(NC(=O)CNC(=O)OC(C)(C)C)c(O)c2c1CC1CC3C(N(C)C)C(O)=C(C(N)=O)C(=O)C3(O)C(O)=C1C2=O. The van der Waals surface area contributed by atoms with Gasteiger partial charge in [0.15, 0.2) is 17.1 Å². The fraction of sp³-hybridized carbons (Fsp3) is 0.500. The minimum absolute atomic E-state index is 0.0613. The lowest BCUT2D eigenvalue weighted by atomic mass is 9.58. The second kappa shape index (κ2) is 11.4. The van der Waals surface area contributed by atoms with Gasteiger partial charge in [-0.1, -0.05) is 0 Å². The number of Topliss-reactive ketones (excluding diaryl/α,β-unsaturated/α-hetero) is 2. The van der Waals surface area contributed by atoms with Crippen molar-refractivity contribution in [2.24, 2.45) is 17.6 Å². The molecule has 0 radical (unpaired) electrons. The van der Waals surface area contributed by atoms with Gasteiger partial charge in [-0.05, 0) is 65.3 Å². The monoisotopic (exact) mass is 629 g/mol. The van der Waals surface area contributed by atoms with Crippen LogP contribution in [0.3, 0.4) is 0 Å². The molecule has 1 aromatic carbocycles. The molecule has 0 fully saturated rings. The van der Waals surface area contributed by atoms with E-state index in [1.165, 1.54) is 11.0 Å². The molecular weight excluding hydrogens is 590 g/mol. The Kier molecular flexibility index (Phi) is 8.41. The Morgan fingerprint density at radius 3 is 2.27 bits per heavy atom. The Morgan fingerprint density at radius 1 is 1.11 bits per heavy atom. The zero-order chi connectivity index (χ0) is 33.9. The third kappa shape index (κ3) is 5.57. The van der Waals surface area contributed by atoms with Crippen molar-refractivity contribution in [2.75, 3.05) is 45.0 Å². The molecule has 4 unspecified atom stereocenters. The number of alkyl carbamates (subject to hydrolysis) is 1. The molecule has 3 aliphatic carbocycles. The summed E-state index contributed by atoms with van der Waals surface area (Å²) in [5.41, 5.74) is 0.983. The van der Waals surface area contributed by atoms with Gasteiger partial charge in [0.1, 0.15) is 29.2 Å². The van der Waals surface area contributed by atoms with Gasteiger partial charge in [0.2, 0.25) is 11.7 Å². The largest absolute Gasteiger partial charge is 0.510 e. The number of amides is 3. The number of primary amides is 1. The number of benzene rings is 1. The summed E-state index contributed by atoms with van der Waals surface area (Å²) >= 11 is 0. The number of anilines is 2. The number of ketones is 2. The molecule has 0 heterocycles. The molecule has 8 N–H and O–H groups in total. The lowest BCUT2D eigenvalue weighted by Gasteiger charge is -2.50. The summed E-state index contributed by atoms with van der Waals surface area (Å²) in [7, 11) is 6.47. The number of likely N-dealkylation sites (N-methyl/N-ethyl adjacent to an activating group) is 1. The Morgan fingerprint density at radius 2 is 1.73 bits per heavy atom. The molecule has 4 rings (SSSR count). The number of carbonyl (C=O) groups is 5. The molecule has 3 aliphatic rings. The minimum atomic E-state index is -2.77. The zero-order valence-electron chi connectivity index (χ0n) is 26.1. The van der Waals surface area contributed by atoms with Gasteiger partial charge >= 0.3 is 6.09 Å². The van der Waals surface area contributed by atoms with Crippen LogP contribution in [0, 0.1) is 11.8 Å². The van der Waals surface area contributed by atoms with E-state index in [1.54, 1.807) is 53.9 Å². The highest BCUT2D eigenvalue weighted by molar-refractivity contribution is 6.25. The number of ether oxygens (including phenoxy) is 1. The number of nitrogens with zero attached hydrogens (tertiary/aromatic N) is 2. The van der Waals surface area contributed by atoms with E-state index < -0.39 is 87.9 Å². The molecule has 15 heteroatoms. The number of fused-ring (bicyclic) bond motifs is 3. The molecule has 0 aliphatic heterocycles. The van der Waals surface area contributed by atoms with E-state index in [-0.39, 0.29) is 29.7 Å². The first-order chi connectivity index (χ1) is 20.7. The first-order valence-corrected chi connectivity index (χ1v) is 14.2. The number of rotatable bonds is 6.